The first-order valence-electron chi connectivity index (χ1n) is 9.23. The molecular formula is C20H20FN3O4. The highest BCUT2D eigenvalue weighted by molar-refractivity contribution is 5.97. The number of aromatic hydroxyl groups is 1. The van der Waals surface area contributed by atoms with Gasteiger partial charge in [0, 0.05) is 25.4 Å². The molecule has 0 spiro atoms. The first-order chi connectivity index (χ1) is 13.5. The predicted molar refractivity (Wildman–Crippen MR) is 98.0 cm³/mol. The lowest BCUT2D eigenvalue weighted by Crippen LogP contribution is -2.39. The number of rotatable bonds is 3. The Bertz CT molecular complexity index is 986. The molecule has 1 saturated heterocycles. The monoisotopic (exact) mass is 385 g/mol. The Morgan fingerprint density at radius 2 is 1.93 bits per heavy atom. The quantitative estimate of drug-likeness (QED) is 0.842. The van der Waals surface area contributed by atoms with Crippen LogP contribution in [0, 0.1) is 11.7 Å². The van der Waals surface area contributed by atoms with Gasteiger partial charge in [0.05, 0.1) is 5.92 Å². The minimum atomic E-state index is -0.592. The Kier molecular flexibility index (Phi) is 4.62. The van der Waals surface area contributed by atoms with Crippen molar-refractivity contribution < 1.29 is 19.1 Å². The van der Waals surface area contributed by atoms with Crippen molar-refractivity contribution in [2.75, 3.05) is 6.54 Å². The molecule has 28 heavy (non-hydrogen) atoms. The van der Waals surface area contributed by atoms with Gasteiger partial charge in [0.25, 0.3) is 5.91 Å². The molecule has 2 aliphatic rings. The van der Waals surface area contributed by atoms with E-state index in [1.54, 1.807) is 21.6 Å². The maximum absolute atomic E-state index is 13.0. The van der Waals surface area contributed by atoms with Crippen LogP contribution in [0.15, 0.2) is 41.3 Å². The first-order valence-corrected chi connectivity index (χ1v) is 9.23. The standard InChI is InChI=1S/C20H20FN3O4/c21-14-6-4-12(5-7-14)10-22-19(27)13-2-1-3-16-23-9-8-15(25)18(26)17(23)20(28)24(16)11-13/h4-9,13,16,26H,1-3,10-11H2,(H,22,27). The highest BCUT2D eigenvalue weighted by atomic mass is 19.1. The zero-order valence-electron chi connectivity index (χ0n) is 15.1. The Hall–Kier alpha value is -3.16. The van der Waals surface area contributed by atoms with Crippen LogP contribution >= 0.6 is 0 Å². The number of amides is 2. The number of hydrogen-bond donors (Lipinski definition) is 2. The minimum absolute atomic E-state index is 0.00938. The van der Waals surface area contributed by atoms with E-state index in [0.29, 0.717) is 12.8 Å². The molecular weight excluding hydrogens is 365 g/mol. The average molecular weight is 385 g/mol. The van der Waals surface area contributed by atoms with Crippen molar-refractivity contribution in [3.05, 3.63) is 63.8 Å². The van der Waals surface area contributed by atoms with Crippen LogP contribution in [0.25, 0.3) is 0 Å². The molecule has 1 fully saturated rings. The number of benzene rings is 1. The summed E-state index contributed by atoms with van der Waals surface area (Å²) in [4.78, 5) is 38.7. The Balaban J connectivity index is 1.48. The van der Waals surface area contributed by atoms with Gasteiger partial charge in [-0.25, -0.2) is 4.39 Å². The third-order valence-corrected chi connectivity index (χ3v) is 5.43. The molecule has 0 radical (unpaired) electrons. The summed E-state index contributed by atoms with van der Waals surface area (Å²) in [5, 5.41) is 12.9. The van der Waals surface area contributed by atoms with Crippen molar-refractivity contribution >= 4 is 11.8 Å². The van der Waals surface area contributed by atoms with Crippen molar-refractivity contribution in [3.8, 4) is 5.75 Å². The van der Waals surface area contributed by atoms with Crippen molar-refractivity contribution in [3.63, 3.8) is 0 Å². The highest BCUT2D eigenvalue weighted by Gasteiger charge is 2.41. The van der Waals surface area contributed by atoms with Crippen LogP contribution in [0.5, 0.6) is 5.75 Å². The Morgan fingerprint density at radius 3 is 2.68 bits per heavy atom. The van der Waals surface area contributed by atoms with Gasteiger partial charge in [-0.05, 0) is 37.0 Å². The third kappa shape index (κ3) is 3.15. The predicted octanol–water partition coefficient (Wildman–Crippen LogP) is 1.76. The molecule has 2 amide bonds. The largest absolute Gasteiger partial charge is 0.503 e. The molecule has 0 aliphatic carbocycles. The van der Waals surface area contributed by atoms with Gasteiger partial charge < -0.3 is 19.9 Å². The fraction of sp³-hybridized carbons (Fsp3) is 0.350. The van der Waals surface area contributed by atoms with Gasteiger partial charge >= 0.3 is 0 Å². The second kappa shape index (κ2) is 7.10. The Labute approximate surface area is 160 Å². The van der Waals surface area contributed by atoms with Crippen LogP contribution in [0.2, 0.25) is 0 Å². The van der Waals surface area contributed by atoms with Crippen LogP contribution < -0.4 is 10.7 Å². The van der Waals surface area contributed by atoms with Crippen LogP contribution in [-0.4, -0.2) is 32.9 Å². The topological polar surface area (TPSA) is 91.6 Å². The summed E-state index contributed by atoms with van der Waals surface area (Å²) in [6.45, 7) is 0.496. The SMILES string of the molecule is O=C(NCc1ccc(F)cc1)C1CCCC2N(C1)C(=O)c1c(O)c(=O)ccn12. The molecule has 4 rings (SSSR count). The molecule has 2 aromatic rings. The Morgan fingerprint density at radius 1 is 1.18 bits per heavy atom. The first kappa shape index (κ1) is 18.2. The molecule has 2 atom stereocenters. The smallest absolute Gasteiger partial charge is 0.276 e. The number of hydrogen-bond acceptors (Lipinski definition) is 4. The molecule has 7 nitrogen and oxygen atoms in total. The van der Waals surface area contributed by atoms with Crippen molar-refractivity contribution in [1.82, 2.24) is 14.8 Å². The highest BCUT2D eigenvalue weighted by Crippen LogP contribution is 2.36. The van der Waals surface area contributed by atoms with E-state index in [4.69, 9.17) is 0 Å². The second-order valence-electron chi connectivity index (χ2n) is 7.19. The summed E-state index contributed by atoms with van der Waals surface area (Å²) in [5.41, 5.74) is 0.185. The lowest BCUT2D eigenvalue weighted by molar-refractivity contribution is -0.125. The van der Waals surface area contributed by atoms with Gasteiger partial charge in [0.1, 0.15) is 12.0 Å². The number of fused-ring (bicyclic) bond motifs is 3. The zero-order chi connectivity index (χ0) is 19.8. The fourth-order valence-corrected chi connectivity index (χ4v) is 3.95. The average Bonchev–Trinajstić information content (AvgIpc) is 2.84. The van der Waals surface area contributed by atoms with Gasteiger partial charge in [-0.3, -0.25) is 14.4 Å². The molecule has 2 N–H and O–H groups in total. The maximum Gasteiger partial charge on any atom is 0.276 e. The summed E-state index contributed by atoms with van der Waals surface area (Å²) in [6, 6.07) is 7.14. The number of aromatic nitrogens is 1. The fourth-order valence-electron chi connectivity index (χ4n) is 3.95. The van der Waals surface area contributed by atoms with E-state index in [1.165, 1.54) is 24.4 Å². The van der Waals surface area contributed by atoms with Gasteiger partial charge in [0.15, 0.2) is 11.4 Å². The molecule has 1 aromatic heterocycles. The number of pyridine rings is 1. The van der Waals surface area contributed by atoms with Crippen LogP contribution in [0.3, 0.4) is 0 Å². The summed E-state index contributed by atoms with van der Waals surface area (Å²) in [5.74, 6) is -1.87. The molecule has 1 aromatic carbocycles. The van der Waals surface area contributed by atoms with Gasteiger partial charge in [-0.1, -0.05) is 12.1 Å². The molecule has 146 valence electrons. The summed E-state index contributed by atoms with van der Waals surface area (Å²) in [6.07, 6.45) is 3.23. The van der Waals surface area contributed by atoms with E-state index < -0.39 is 23.0 Å². The van der Waals surface area contributed by atoms with Gasteiger partial charge in [-0.2, -0.15) is 0 Å². The summed E-state index contributed by atoms with van der Waals surface area (Å²) < 4.78 is 14.6. The zero-order valence-corrected chi connectivity index (χ0v) is 15.1. The lowest BCUT2D eigenvalue weighted by Gasteiger charge is -2.25. The molecule has 8 heteroatoms. The normalized spacial score (nSPS) is 21.0. The number of carbonyl (C=O) groups is 2. The van der Waals surface area contributed by atoms with Crippen molar-refractivity contribution in [2.24, 2.45) is 5.92 Å². The van der Waals surface area contributed by atoms with E-state index in [0.717, 1.165) is 12.0 Å². The number of halogens is 1. The molecule has 0 bridgehead atoms. The van der Waals surface area contributed by atoms with E-state index in [2.05, 4.69) is 5.32 Å². The van der Waals surface area contributed by atoms with Crippen LogP contribution in [0.4, 0.5) is 4.39 Å². The lowest BCUT2D eigenvalue weighted by atomic mass is 10.0. The molecule has 3 heterocycles. The van der Waals surface area contributed by atoms with Crippen LogP contribution in [0.1, 0.15) is 41.5 Å². The number of carbonyl (C=O) groups excluding carboxylic acids is 2. The number of nitrogens with zero attached hydrogens (tertiary/aromatic N) is 2. The van der Waals surface area contributed by atoms with Gasteiger partial charge in [-0.15, -0.1) is 0 Å². The van der Waals surface area contributed by atoms with E-state index >= 15 is 0 Å². The van der Waals surface area contributed by atoms with E-state index in [-0.39, 0.29) is 36.7 Å². The minimum Gasteiger partial charge on any atom is -0.503 e. The molecule has 2 aliphatic heterocycles. The van der Waals surface area contributed by atoms with Crippen LogP contribution in [-0.2, 0) is 11.3 Å². The van der Waals surface area contributed by atoms with Gasteiger partial charge in [0.2, 0.25) is 11.3 Å². The maximum atomic E-state index is 13.0. The second-order valence-corrected chi connectivity index (χ2v) is 7.19. The number of nitrogens with one attached hydrogen (secondary N) is 1. The van der Waals surface area contributed by atoms with E-state index in [9.17, 15) is 23.9 Å². The van der Waals surface area contributed by atoms with Crippen molar-refractivity contribution in [2.45, 2.75) is 32.0 Å². The van der Waals surface area contributed by atoms with Crippen molar-refractivity contribution in [1.29, 1.82) is 0 Å². The summed E-state index contributed by atoms with van der Waals surface area (Å²) >= 11 is 0. The third-order valence-electron chi connectivity index (χ3n) is 5.43. The molecule has 0 saturated carbocycles. The van der Waals surface area contributed by atoms with E-state index in [1.807, 2.05) is 0 Å². The molecule has 2 unspecified atom stereocenters. The summed E-state index contributed by atoms with van der Waals surface area (Å²) in [7, 11) is 0.